The summed E-state index contributed by atoms with van der Waals surface area (Å²) in [6, 6.07) is 0. The summed E-state index contributed by atoms with van der Waals surface area (Å²) < 4.78 is 0. The molecule has 0 bridgehead atoms. The lowest BCUT2D eigenvalue weighted by Gasteiger charge is -1.67. The van der Waals surface area contributed by atoms with Crippen LogP contribution in [0.5, 0.6) is 0 Å². The zero-order chi connectivity index (χ0) is 5.54. The van der Waals surface area contributed by atoms with Gasteiger partial charge in [0.2, 0.25) is 0 Å². The van der Waals surface area contributed by atoms with Gasteiger partial charge in [0, 0.05) is 0 Å². The van der Waals surface area contributed by atoms with Crippen molar-refractivity contribution in [3.8, 4) is 0 Å². The fourth-order valence-electron chi connectivity index (χ4n) is 0.319. The molecule has 0 nitrogen and oxygen atoms in total. The summed E-state index contributed by atoms with van der Waals surface area (Å²) in [6.45, 7) is 4.22. The van der Waals surface area contributed by atoms with Crippen LogP contribution in [0.4, 0.5) is 0 Å². The van der Waals surface area contributed by atoms with Crippen LogP contribution in [-0.4, -0.2) is 0 Å². The third kappa shape index (κ3) is 5.52. The summed E-state index contributed by atoms with van der Waals surface area (Å²) in [5, 5.41) is 0. The van der Waals surface area contributed by atoms with Gasteiger partial charge in [-0.05, 0) is 25.0 Å². The van der Waals surface area contributed by atoms with Crippen molar-refractivity contribution in [2.45, 2.75) is 26.7 Å². The lowest BCUT2D eigenvalue weighted by Crippen LogP contribution is -1.47. The molecule has 0 spiro atoms. The second-order valence-corrected chi connectivity index (χ2v) is 1.39. The Bertz CT molecular complexity index is 66.0. The molecule has 0 aromatic carbocycles. The van der Waals surface area contributed by atoms with Crippen LogP contribution in [0.3, 0.4) is 0 Å². The molecule has 0 saturated heterocycles. The van der Waals surface area contributed by atoms with Crippen molar-refractivity contribution < 1.29 is 0 Å². The molecule has 0 amide bonds. The number of allylic oxidation sites excluding steroid dienone is 1. The summed E-state index contributed by atoms with van der Waals surface area (Å²) >= 11 is 0. The summed E-state index contributed by atoms with van der Waals surface area (Å²) in [4.78, 5) is 0. The van der Waals surface area contributed by atoms with Gasteiger partial charge in [0.15, 0.2) is 0 Å². The molecule has 0 radical (unpaired) electrons. The highest BCUT2D eigenvalue weighted by Gasteiger charge is 1.57. The molecule has 0 heterocycles. The van der Waals surface area contributed by atoms with Crippen LogP contribution in [0.1, 0.15) is 26.7 Å². The van der Waals surface area contributed by atoms with E-state index < -0.39 is 0 Å². The average Bonchev–Trinajstić information content (AvgIpc) is 1.69. The SMILES string of the molecule is CCC=C=CCC. The highest BCUT2D eigenvalue weighted by molar-refractivity contribution is 4.82. The lowest BCUT2D eigenvalue weighted by molar-refractivity contribution is 1.20. The predicted octanol–water partition coefficient (Wildman–Crippen LogP) is 2.52. The minimum atomic E-state index is 1.09. The number of hydrogen-bond donors (Lipinski definition) is 0. The van der Waals surface area contributed by atoms with E-state index in [0.717, 1.165) is 12.8 Å². The Kier molecular flexibility index (Phi) is 5.14. The molecular formula is C7H12. The highest BCUT2D eigenvalue weighted by Crippen LogP contribution is 1.77. The quantitative estimate of drug-likeness (QED) is 0.463. The summed E-state index contributed by atoms with van der Waals surface area (Å²) in [5.41, 5.74) is 3.03. The van der Waals surface area contributed by atoms with E-state index >= 15 is 0 Å². The molecule has 0 aliphatic carbocycles. The van der Waals surface area contributed by atoms with E-state index in [-0.39, 0.29) is 0 Å². The lowest BCUT2D eigenvalue weighted by atomic mass is 10.4. The van der Waals surface area contributed by atoms with E-state index in [4.69, 9.17) is 0 Å². The maximum absolute atomic E-state index is 3.03. The van der Waals surface area contributed by atoms with Gasteiger partial charge in [0.05, 0.1) is 0 Å². The monoisotopic (exact) mass is 96.1 g/mol. The van der Waals surface area contributed by atoms with E-state index in [1.165, 1.54) is 0 Å². The first-order valence-electron chi connectivity index (χ1n) is 2.81. The second-order valence-electron chi connectivity index (χ2n) is 1.39. The van der Waals surface area contributed by atoms with Crippen molar-refractivity contribution in [3.05, 3.63) is 17.9 Å². The Morgan fingerprint density at radius 3 is 1.86 bits per heavy atom. The first kappa shape index (κ1) is 6.52. The minimum absolute atomic E-state index is 1.09. The standard InChI is InChI=1S/C7H12/c1-3-5-7-6-4-2/h5-6H,3-4H2,1-2H3. The zero-order valence-corrected chi connectivity index (χ0v) is 5.07. The molecule has 0 rings (SSSR count). The molecule has 0 aliphatic rings. The van der Waals surface area contributed by atoms with Gasteiger partial charge in [-0.3, -0.25) is 0 Å². The van der Waals surface area contributed by atoms with Crippen LogP contribution in [0.25, 0.3) is 0 Å². The molecule has 0 N–H and O–H groups in total. The average molecular weight is 96.2 g/mol. The van der Waals surface area contributed by atoms with Gasteiger partial charge in [-0.25, -0.2) is 0 Å². The molecule has 0 aliphatic heterocycles. The second kappa shape index (κ2) is 5.52. The molecule has 7 heavy (non-hydrogen) atoms. The van der Waals surface area contributed by atoms with E-state index in [0.29, 0.717) is 0 Å². The van der Waals surface area contributed by atoms with E-state index in [1.54, 1.807) is 0 Å². The van der Waals surface area contributed by atoms with Gasteiger partial charge >= 0.3 is 0 Å². The van der Waals surface area contributed by atoms with Crippen LogP contribution < -0.4 is 0 Å². The fraction of sp³-hybridized carbons (Fsp3) is 0.571. The van der Waals surface area contributed by atoms with Gasteiger partial charge in [0.1, 0.15) is 0 Å². The van der Waals surface area contributed by atoms with Gasteiger partial charge < -0.3 is 0 Å². The maximum Gasteiger partial charge on any atom is -0.0303 e. The van der Waals surface area contributed by atoms with Crippen molar-refractivity contribution in [2.75, 3.05) is 0 Å². The van der Waals surface area contributed by atoms with Crippen molar-refractivity contribution in [1.29, 1.82) is 0 Å². The summed E-state index contributed by atoms with van der Waals surface area (Å²) in [7, 11) is 0. The van der Waals surface area contributed by atoms with Crippen molar-refractivity contribution in [2.24, 2.45) is 0 Å². The van der Waals surface area contributed by atoms with E-state index in [9.17, 15) is 0 Å². The number of rotatable bonds is 2. The predicted molar refractivity (Wildman–Crippen MR) is 33.2 cm³/mol. The van der Waals surface area contributed by atoms with Gasteiger partial charge in [0.25, 0.3) is 0 Å². The molecule has 0 saturated carbocycles. The summed E-state index contributed by atoms with van der Waals surface area (Å²) in [5.74, 6) is 0. The Labute approximate surface area is 45.5 Å². The van der Waals surface area contributed by atoms with Gasteiger partial charge in [-0.2, -0.15) is 0 Å². The fourth-order valence-corrected chi connectivity index (χ4v) is 0.319. The molecule has 0 atom stereocenters. The molecule has 40 valence electrons. The molecule has 0 aromatic heterocycles. The third-order valence-corrected chi connectivity index (χ3v) is 0.644. The van der Waals surface area contributed by atoms with Crippen LogP contribution in [0.15, 0.2) is 17.9 Å². The summed E-state index contributed by atoms with van der Waals surface area (Å²) in [6.07, 6.45) is 6.25. The van der Waals surface area contributed by atoms with Crippen LogP contribution >= 0.6 is 0 Å². The topological polar surface area (TPSA) is 0 Å². The van der Waals surface area contributed by atoms with Crippen LogP contribution in [0.2, 0.25) is 0 Å². The molecule has 0 heteroatoms. The first-order valence-corrected chi connectivity index (χ1v) is 2.81. The van der Waals surface area contributed by atoms with Crippen molar-refractivity contribution in [1.82, 2.24) is 0 Å². The minimum Gasteiger partial charge on any atom is -0.130 e. The highest BCUT2D eigenvalue weighted by atomic mass is 13.6. The Morgan fingerprint density at radius 1 is 1.14 bits per heavy atom. The van der Waals surface area contributed by atoms with E-state index in [2.05, 4.69) is 19.6 Å². The van der Waals surface area contributed by atoms with Crippen molar-refractivity contribution in [3.63, 3.8) is 0 Å². The smallest absolute Gasteiger partial charge is 0.0303 e. The zero-order valence-electron chi connectivity index (χ0n) is 5.07. The van der Waals surface area contributed by atoms with Crippen LogP contribution in [-0.2, 0) is 0 Å². The van der Waals surface area contributed by atoms with E-state index in [1.807, 2.05) is 12.2 Å². The molecule has 0 fully saturated rings. The Hall–Kier alpha value is -0.480. The normalized spacial score (nSPS) is 7.14. The maximum atomic E-state index is 3.03. The van der Waals surface area contributed by atoms with Crippen molar-refractivity contribution >= 4 is 0 Å². The van der Waals surface area contributed by atoms with Gasteiger partial charge in [-0.15, -0.1) is 5.73 Å². The molecule has 0 aromatic rings. The number of hydrogen-bond acceptors (Lipinski definition) is 0. The van der Waals surface area contributed by atoms with Crippen LogP contribution in [0, 0.1) is 0 Å². The Morgan fingerprint density at radius 2 is 1.57 bits per heavy atom. The third-order valence-electron chi connectivity index (χ3n) is 0.644. The molecular weight excluding hydrogens is 84.1 g/mol. The largest absolute Gasteiger partial charge is 0.130 e. The molecule has 0 unspecified atom stereocenters. The first-order chi connectivity index (χ1) is 3.41. The van der Waals surface area contributed by atoms with Gasteiger partial charge in [-0.1, -0.05) is 13.8 Å². The Balaban J connectivity index is 3.21.